The normalized spacial score (nSPS) is 17.0. The van der Waals surface area contributed by atoms with Crippen LogP contribution in [-0.4, -0.2) is 11.1 Å². The van der Waals surface area contributed by atoms with Gasteiger partial charge in [0.05, 0.1) is 0 Å². The molecule has 92 valence electrons. The Morgan fingerprint density at radius 1 is 1.29 bits per heavy atom. The van der Waals surface area contributed by atoms with Crippen molar-refractivity contribution in [1.29, 1.82) is 5.41 Å². The number of thioether (sulfide) groups is 1. The Labute approximate surface area is 111 Å². The third-order valence-corrected chi connectivity index (χ3v) is 4.73. The molecule has 0 bridgehead atoms. The second-order valence-electron chi connectivity index (χ2n) is 4.43. The third kappa shape index (κ3) is 3.39. The fourth-order valence-electron chi connectivity index (χ4n) is 2.18. The molecule has 0 radical (unpaired) electrons. The lowest BCUT2D eigenvalue weighted by Gasteiger charge is -2.22. The Morgan fingerprint density at radius 2 is 2.00 bits per heavy atom. The second kappa shape index (κ2) is 5.78. The number of nitrogens with one attached hydrogen (secondary N) is 1. The van der Waals surface area contributed by atoms with E-state index >= 15 is 0 Å². The van der Waals surface area contributed by atoms with E-state index in [0.717, 1.165) is 10.5 Å². The van der Waals surface area contributed by atoms with Gasteiger partial charge >= 0.3 is 0 Å². The monoisotopic (exact) mass is 268 g/mol. The first-order valence-electron chi connectivity index (χ1n) is 5.97. The molecule has 0 saturated heterocycles. The highest BCUT2D eigenvalue weighted by Gasteiger charge is 2.17. The Bertz CT molecular complexity index is 414. The van der Waals surface area contributed by atoms with Gasteiger partial charge in [0.25, 0.3) is 0 Å². The fourth-order valence-corrected chi connectivity index (χ4v) is 3.72. The average Bonchev–Trinajstić information content (AvgIpc) is 2.32. The largest absolute Gasteiger partial charge is 0.384 e. The molecule has 1 aliphatic carbocycles. The van der Waals surface area contributed by atoms with Crippen molar-refractivity contribution in [2.75, 3.05) is 0 Å². The molecule has 1 aliphatic rings. The average molecular weight is 269 g/mol. The molecule has 0 amide bonds. The Balaban J connectivity index is 2.16. The molecule has 0 heterocycles. The minimum atomic E-state index is 0.103. The molecule has 17 heavy (non-hydrogen) atoms. The first-order valence-corrected chi connectivity index (χ1v) is 7.23. The molecule has 3 N–H and O–H groups in total. The van der Waals surface area contributed by atoms with Gasteiger partial charge in [0.15, 0.2) is 0 Å². The molecule has 4 heteroatoms. The van der Waals surface area contributed by atoms with E-state index in [-0.39, 0.29) is 5.84 Å². The number of nitrogen functional groups attached to an aromatic ring is 1. The summed E-state index contributed by atoms with van der Waals surface area (Å²) < 4.78 is 0. The standard InChI is InChI=1S/C13H17ClN2S/c14-9-6-7-12(11(8-9)13(15)16)17-10-4-2-1-3-5-10/h6-8,10H,1-5H2,(H3,15,16). The summed E-state index contributed by atoms with van der Waals surface area (Å²) in [5.74, 6) is 0.103. The first-order chi connectivity index (χ1) is 8.16. The smallest absolute Gasteiger partial charge is 0.123 e. The molecule has 0 spiro atoms. The lowest BCUT2D eigenvalue weighted by Crippen LogP contribution is -2.14. The number of halogens is 1. The van der Waals surface area contributed by atoms with Crippen LogP contribution < -0.4 is 5.73 Å². The molecular weight excluding hydrogens is 252 g/mol. The molecule has 1 saturated carbocycles. The van der Waals surface area contributed by atoms with Gasteiger partial charge < -0.3 is 5.73 Å². The van der Waals surface area contributed by atoms with E-state index in [2.05, 4.69) is 0 Å². The van der Waals surface area contributed by atoms with Crippen LogP contribution in [0.5, 0.6) is 0 Å². The van der Waals surface area contributed by atoms with Crippen LogP contribution in [0.1, 0.15) is 37.7 Å². The van der Waals surface area contributed by atoms with Crippen LogP contribution in [0.3, 0.4) is 0 Å². The van der Waals surface area contributed by atoms with Crippen molar-refractivity contribution in [3.05, 3.63) is 28.8 Å². The zero-order chi connectivity index (χ0) is 12.3. The van der Waals surface area contributed by atoms with Crippen molar-refractivity contribution < 1.29 is 0 Å². The maximum atomic E-state index is 7.60. The minimum absolute atomic E-state index is 0.103. The summed E-state index contributed by atoms with van der Waals surface area (Å²) in [5, 5.41) is 8.91. The molecular formula is C13H17ClN2S. The number of benzene rings is 1. The summed E-state index contributed by atoms with van der Waals surface area (Å²) in [5.41, 5.74) is 6.37. The third-order valence-electron chi connectivity index (χ3n) is 3.08. The highest BCUT2D eigenvalue weighted by atomic mass is 35.5. The van der Waals surface area contributed by atoms with Crippen molar-refractivity contribution in [2.24, 2.45) is 5.73 Å². The van der Waals surface area contributed by atoms with Gasteiger partial charge in [-0.2, -0.15) is 0 Å². The molecule has 0 aromatic heterocycles. The summed E-state index contributed by atoms with van der Waals surface area (Å²) >= 11 is 7.79. The first kappa shape index (κ1) is 12.8. The molecule has 2 nitrogen and oxygen atoms in total. The van der Waals surface area contributed by atoms with Crippen molar-refractivity contribution in [3.63, 3.8) is 0 Å². The highest BCUT2D eigenvalue weighted by molar-refractivity contribution is 8.00. The van der Waals surface area contributed by atoms with Crippen molar-refractivity contribution in [1.82, 2.24) is 0 Å². The number of nitrogens with two attached hydrogens (primary N) is 1. The van der Waals surface area contributed by atoms with Crippen LogP contribution in [0.25, 0.3) is 0 Å². The molecule has 0 unspecified atom stereocenters. The molecule has 0 aliphatic heterocycles. The summed E-state index contributed by atoms with van der Waals surface area (Å²) in [4.78, 5) is 1.09. The highest BCUT2D eigenvalue weighted by Crippen LogP contribution is 2.35. The molecule has 1 aromatic carbocycles. The van der Waals surface area contributed by atoms with Crippen LogP contribution in [0.2, 0.25) is 5.02 Å². The van der Waals surface area contributed by atoms with E-state index in [9.17, 15) is 0 Å². The van der Waals surface area contributed by atoms with E-state index < -0.39 is 0 Å². The van der Waals surface area contributed by atoms with Crippen molar-refractivity contribution >= 4 is 29.2 Å². The Morgan fingerprint density at radius 3 is 2.65 bits per heavy atom. The van der Waals surface area contributed by atoms with Crippen LogP contribution in [0, 0.1) is 5.41 Å². The van der Waals surface area contributed by atoms with E-state index in [1.807, 2.05) is 23.9 Å². The predicted molar refractivity (Wildman–Crippen MR) is 75.2 cm³/mol. The molecule has 2 rings (SSSR count). The summed E-state index contributed by atoms with van der Waals surface area (Å²) in [6.45, 7) is 0. The number of hydrogen-bond donors (Lipinski definition) is 2. The van der Waals surface area contributed by atoms with Gasteiger partial charge in [0.1, 0.15) is 5.84 Å². The molecule has 0 atom stereocenters. The van der Waals surface area contributed by atoms with Crippen molar-refractivity contribution in [2.45, 2.75) is 42.2 Å². The second-order valence-corrected chi connectivity index (χ2v) is 6.21. The van der Waals surface area contributed by atoms with Gasteiger partial charge in [-0.3, -0.25) is 5.41 Å². The van der Waals surface area contributed by atoms with E-state index in [0.29, 0.717) is 10.3 Å². The van der Waals surface area contributed by atoms with E-state index in [1.54, 1.807) is 6.07 Å². The molecule has 1 aromatic rings. The van der Waals surface area contributed by atoms with Crippen LogP contribution in [-0.2, 0) is 0 Å². The van der Waals surface area contributed by atoms with Crippen LogP contribution in [0.15, 0.2) is 23.1 Å². The number of hydrogen-bond acceptors (Lipinski definition) is 2. The lowest BCUT2D eigenvalue weighted by molar-refractivity contribution is 0.516. The number of rotatable bonds is 3. The Hall–Kier alpha value is -0.670. The van der Waals surface area contributed by atoms with Crippen LogP contribution >= 0.6 is 23.4 Å². The summed E-state index contributed by atoms with van der Waals surface area (Å²) in [7, 11) is 0. The Kier molecular flexibility index (Phi) is 4.35. The van der Waals surface area contributed by atoms with E-state index in [4.69, 9.17) is 22.7 Å². The summed E-state index contributed by atoms with van der Waals surface area (Å²) in [6, 6.07) is 5.65. The predicted octanol–water partition coefficient (Wildman–Crippen LogP) is 4.05. The number of amidine groups is 1. The summed E-state index contributed by atoms with van der Waals surface area (Å²) in [6.07, 6.45) is 6.54. The maximum Gasteiger partial charge on any atom is 0.123 e. The fraction of sp³-hybridized carbons (Fsp3) is 0.462. The van der Waals surface area contributed by atoms with Gasteiger partial charge in [0.2, 0.25) is 0 Å². The van der Waals surface area contributed by atoms with Gasteiger partial charge in [-0.15, -0.1) is 11.8 Å². The van der Waals surface area contributed by atoms with Crippen LogP contribution in [0.4, 0.5) is 0 Å². The maximum absolute atomic E-state index is 7.60. The van der Waals surface area contributed by atoms with Gasteiger partial charge in [-0.25, -0.2) is 0 Å². The van der Waals surface area contributed by atoms with Crippen molar-refractivity contribution in [3.8, 4) is 0 Å². The topological polar surface area (TPSA) is 49.9 Å². The van der Waals surface area contributed by atoms with E-state index in [1.165, 1.54) is 32.1 Å². The SMILES string of the molecule is N=C(N)c1cc(Cl)ccc1SC1CCCCC1. The van der Waals surface area contributed by atoms with Gasteiger partial charge in [-0.05, 0) is 31.0 Å². The lowest BCUT2D eigenvalue weighted by atomic mass is 10.0. The minimum Gasteiger partial charge on any atom is -0.384 e. The quantitative estimate of drug-likeness (QED) is 0.642. The molecule has 1 fully saturated rings. The van der Waals surface area contributed by atoms with Gasteiger partial charge in [-0.1, -0.05) is 30.9 Å². The zero-order valence-corrected chi connectivity index (χ0v) is 11.3. The zero-order valence-electron chi connectivity index (χ0n) is 9.71. The van der Waals surface area contributed by atoms with Gasteiger partial charge in [0, 0.05) is 20.7 Å².